The predicted molar refractivity (Wildman–Crippen MR) is 101 cm³/mol. The summed E-state index contributed by atoms with van der Waals surface area (Å²) >= 11 is 0. The van der Waals surface area contributed by atoms with Gasteiger partial charge >= 0.3 is 0 Å². The Morgan fingerprint density at radius 2 is 1.76 bits per heavy atom. The number of nitrogens with zero attached hydrogens (tertiary/aromatic N) is 2. The normalized spacial score (nSPS) is 25.3. The maximum Gasteiger partial charge on any atom is 0.118 e. The van der Waals surface area contributed by atoms with Crippen molar-refractivity contribution in [3.63, 3.8) is 0 Å². The zero-order valence-electron chi connectivity index (χ0n) is 15.1. The minimum atomic E-state index is 0.527. The zero-order chi connectivity index (χ0) is 17.1. The lowest BCUT2D eigenvalue weighted by Crippen LogP contribution is -2.19. The van der Waals surface area contributed by atoms with Crippen molar-refractivity contribution < 1.29 is 4.74 Å². The summed E-state index contributed by atoms with van der Waals surface area (Å²) in [5.74, 6) is 2.17. The van der Waals surface area contributed by atoms with Crippen LogP contribution >= 0.6 is 0 Å². The molecule has 1 aromatic heterocycles. The molecule has 5 rings (SSSR count). The molecule has 1 saturated heterocycles. The summed E-state index contributed by atoms with van der Waals surface area (Å²) in [5.41, 5.74) is 5.83. The van der Waals surface area contributed by atoms with E-state index in [2.05, 4.69) is 72.0 Å². The van der Waals surface area contributed by atoms with Crippen molar-refractivity contribution in [1.82, 2.24) is 9.47 Å². The highest BCUT2D eigenvalue weighted by atomic mass is 16.5. The number of hydrogen-bond donors (Lipinski definition) is 0. The van der Waals surface area contributed by atoms with Crippen LogP contribution in [0.25, 0.3) is 10.9 Å². The lowest BCUT2D eigenvalue weighted by atomic mass is 9.85. The summed E-state index contributed by atoms with van der Waals surface area (Å²) in [6.07, 6.45) is 0. The molecule has 0 radical (unpaired) electrons. The van der Waals surface area contributed by atoms with Gasteiger partial charge in [0.1, 0.15) is 5.75 Å². The van der Waals surface area contributed by atoms with E-state index < -0.39 is 0 Å². The van der Waals surface area contributed by atoms with E-state index in [1.54, 1.807) is 7.11 Å². The van der Waals surface area contributed by atoms with Gasteiger partial charge < -0.3 is 9.30 Å². The van der Waals surface area contributed by atoms with Gasteiger partial charge in [0.15, 0.2) is 0 Å². The fraction of sp³-hybridized carbons (Fsp3) is 0.364. The highest BCUT2D eigenvalue weighted by Gasteiger charge is 2.47. The number of para-hydroxylation sites is 1. The van der Waals surface area contributed by atoms with Crippen molar-refractivity contribution in [1.29, 1.82) is 0 Å². The van der Waals surface area contributed by atoms with Gasteiger partial charge in [0.25, 0.3) is 0 Å². The van der Waals surface area contributed by atoms with Gasteiger partial charge in [-0.3, -0.25) is 4.90 Å². The predicted octanol–water partition coefficient (Wildman–Crippen LogP) is 4.36. The molecule has 0 bridgehead atoms. The summed E-state index contributed by atoms with van der Waals surface area (Å²) < 4.78 is 7.90. The fourth-order valence-corrected chi connectivity index (χ4v) is 5.23. The maximum atomic E-state index is 5.33. The second-order valence-electron chi connectivity index (χ2n) is 7.57. The first kappa shape index (κ1) is 15.0. The molecule has 3 heterocycles. The standard InChI is InChI=1S/C22H24N2O/c1-14-17-6-4-5-7-20(17)24-13-19-18(12-23(2)22(19)21(14)24)15-8-10-16(25-3)11-9-15/h4-11,18-19,22H,12-13H2,1-3H3. The first-order valence-corrected chi connectivity index (χ1v) is 9.11. The molecule has 2 aliphatic heterocycles. The molecule has 2 aliphatic rings. The molecule has 3 unspecified atom stereocenters. The van der Waals surface area contributed by atoms with Gasteiger partial charge in [-0.1, -0.05) is 30.3 Å². The average molecular weight is 332 g/mol. The number of methoxy groups -OCH3 is 1. The Bertz CT molecular complexity index is 941. The van der Waals surface area contributed by atoms with Crippen LogP contribution in [0.2, 0.25) is 0 Å². The van der Waals surface area contributed by atoms with Gasteiger partial charge in [0.2, 0.25) is 0 Å². The first-order valence-electron chi connectivity index (χ1n) is 9.11. The van der Waals surface area contributed by atoms with Crippen LogP contribution in [0.5, 0.6) is 5.75 Å². The molecule has 0 N–H and O–H groups in total. The van der Waals surface area contributed by atoms with Crippen molar-refractivity contribution in [2.75, 3.05) is 20.7 Å². The second kappa shape index (κ2) is 5.37. The number of fused-ring (bicyclic) bond motifs is 5. The number of likely N-dealkylation sites (N-methyl/N-ethyl adjacent to an activating group) is 1. The number of ether oxygens (including phenoxy) is 1. The van der Waals surface area contributed by atoms with Crippen LogP contribution in [-0.2, 0) is 6.54 Å². The van der Waals surface area contributed by atoms with Crippen molar-refractivity contribution in [3.8, 4) is 5.75 Å². The lowest BCUT2D eigenvalue weighted by molar-refractivity contribution is 0.292. The third-order valence-electron chi connectivity index (χ3n) is 6.37. The van der Waals surface area contributed by atoms with Crippen molar-refractivity contribution in [3.05, 3.63) is 65.4 Å². The Kier molecular flexibility index (Phi) is 3.23. The minimum Gasteiger partial charge on any atom is -0.497 e. The van der Waals surface area contributed by atoms with E-state index in [1.807, 2.05) is 0 Å². The number of likely N-dealkylation sites (tertiary alicyclic amines) is 1. The third-order valence-corrected chi connectivity index (χ3v) is 6.37. The Morgan fingerprint density at radius 3 is 2.52 bits per heavy atom. The number of aryl methyl sites for hydroxylation is 1. The molecule has 0 aliphatic carbocycles. The number of benzene rings is 2. The van der Waals surface area contributed by atoms with Crippen LogP contribution in [-0.4, -0.2) is 30.2 Å². The van der Waals surface area contributed by atoms with Gasteiger partial charge in [-0.2, -0.15) is 0 Å². The highest BCUT2D eigenvalue weighted by Crippen LogP contribution is 2.52. The molecule has 0 spiro atoms. The van der Waals surface area contributed by atoms with Crippen LogP contribution < -0.4 is 4.74 Å². The van der Waals surface area contributed by atoms with Crippen LogP contribution in [0.15, 0.2) is 48.5 Å². The molecule has 128 valence electrons. The summed E-state index contributed by atoms with van der Waals surface area (Å²) in [7, 11) is 4.01. The lowest BCUT2D eigenvalue weighted by Gasteiger charge is -2.19. The molecule has 3 atom stereocenters. The quantitative estimate of drug-likeness (QED) is 0.694. The first-order chi connectivity index (χ1) is 12.2. The molecule has 0 saturated carbocycles. The van der Waals surface area contributed by atoms with Crippen molar-refractivity contribution >= 4 is 10.9 Å². The van der Waals surface area contributed by atoms with Gasteiger partial charge in [0, 0.05) is 41.5 Å². The van der Waals surface area contributed by atoms with Crippen LogP contribution in [0.3, 0.4) is 0 Å². The zero-order valence-corrected chi connectivity index (χ0v) is 15.1. The van der Waals surface area contributed by atoms with Crippen molar-refractivity contribution in [2.45, 2.75) is 25.4 Å². The van der Waals surface area contributed by atoms with Gasteiger partial charge in [-0.05, 0) is 43.3 Å². The number of aromatic nitrogens is 1. The SMILES string of the molecule is COc1ccc(C2CN(C)C3c4c(C)c5ccccc5n4CC23)cc1. The van der Waals surface area contributed by atoms with Gasteiger partial charge in [-0.15, -0.1) is 0 Å². The van der Waals surface area contributed by atoms with E-state index in [1.165, 1.54) is 27.7 Å². The Hall–Kier alpha value is -2.26. The molecule has 3 heteroatoms. The summed E-state index contributed by atoms with van der Waals surface area (Å²) in [6.45, 7) is 4.54. The highest BCUT2D eigenvalue weighted by molar-refractivity contribution is 5.86. The second-order valence-corrected chi connectivity index (χ2v) is 7.57. The van der Waals surface area contributed by atoms with Crippen LogP contribution in [0.4, 0.5) is 0 Å². The summed E-state index contributed by atoms with van der Waals surface area (Å²) in [5, 5.41) is 1.41. The molecule has 1 fully saturated rings. The molecule has 3 aromatic rings. The van der Waals surface area contributed by atoms with E-state index in [0.717, 1.165) is 18.8 Å². The molecule has 2 aromatic carbocycles. The number of hydrogen-bond acceptors (Lipinski definition) is 2. The molecule has 3 nitrogen and oxygen atoms in total. The molecule has 0 amide bonds. The van der Waals surface area contributed by atoms with Gasteiger partial charge in [-0.25, -0.2) is 0 Å². The number of rotatable bonds is 2. The summed E-state index contributed by atoms with van der Waals surface area (Å²) in [6, 6.07) is 18.1. The van der Waals surface area contributed by atoms with Crippen LogP contribution in [0, 0.1) is 12.8 Å². The maximum absolute atomic E-state index is 5.33. The monoisotopic (exact) mass is 332 g/mol. The fourth-order valence-electron chi connectivity index (χ4n) is 5.23. The topological polar surface area (TPSA) is 17.4 Å². The van der Waals surface area contributed by atoms with E-state index in [-0.39, 0.29) is 0 Å². The average Bonchev–Trinajstić information content (AvgIpc) is 3.26. The Morgan fingerprint density at radius 1 is 1.00 bits per heavy atom. The third kappa shape index (κ3) is 2.02. The van der Waals surface area contributed by atoms with Crippen molar-refractivity contribution in [2.24, 2.45) is 5.92 Å². The minimum absolute atomic E-state index is 0.527. The van der Waals surface area contributed by atoms with E-state index in [4.69, 9.17) is 4.74 Å². The van der Waals surface area contributed by atoms with E-state index in [9.17, 15) is 0 Å². The Balaban J connectivity index is 1.58. The van der Waals surface area contributed by atoms with Gasteiger partial charge in [0.05, 0.1) is 13.2 Å². The molecule has 25 heavy (non-hydrogen) atoms. The molecular weight excluding hydrogens is 308 g/mol. The summed E-state index contributed by atoms with van der Waals surface area (Å²) in [4.78, 5) is 2.56. The van der Waals surface area contributed by atoms with E-state index in [0.29, 0.717) is 17.9 Å². The Labute approximate surface area is 148 Å². The van der Waals surface area contributed by atoms with E-state index >= 15 is 0 Å². The smallest absolute Gasteiger partial charge is 0.118 e. The molecular formula is C22H24N2O. The van der Waals surface area contributed by atoms with Crippen LogP contribution in [0.1, 0.15) is 28.8 Å². The largest absolute Gasteiger partial charge is 0.497 e.